The fourth-order valence-electron chi connectivity index (χ4n) is 3.33. The highest BCUT2D eigenvalue weighted by Gasteiger charge is 2.39. The van der Waals surface area contributed by atoms with Gasteiger partial charge in [-0.1, -0.05) is 6.92 Å². The third kappa shape index (κ3) is 3.43. The molecule has 1 aliphatic carbocycles. The van der Waals surface area contributed by atoms with E-state index in [0.29, 0.717) is 6.54 Å². The Balaban J connectivity index is 2.31. The van der Waals surface area contributed by atoms with Crippen LogP contribution in [0.5, 0.6) is 0 Å². The number of nitrogens with two attached hydrogens (primary N) is 1. The minimum absolute atomic E-state index is 0.283. The number of rotatable bonds is 5. The Hall–Kier alpha value is -1.00. The summed E-state index contributed by atoms with van der Waals surface area (Å²) in [5, 5.41) is 0. The van der Waals surface area contributed by atoms with Gasteiger partial charge in [0.1, 0.15) is 5.60 Å². The van der Waals surface area contributed by atoms with E-state index in [1.165, 1.54) is 18.4 Å². The van der Waals surface area contributed by atoms with Gasteiger partial charge in [0.15, 0.2) is 5.82 Å². The molecule has 1 fully saturated rings. The third-order valence-corrected chi connectivity index (χ3v) is 4.93. The minimum atomic E-state index is -0.283. The van der Waals surface area contributed by atoms with Gasteiger partial charge in [-0.15, -0.1) is 0 Å². The standard InChI is InChI=1S/C17H29N3O/c1-12-7-9-17(21-4,10-8-12)16-19-13(2)15(6-5-11-18)14(3)20-16/h12H,5-11,18H2,1-4H3. The zero-order chi connectivity index (χ0) is 15.5. The maximum Gasteiger partial charge on any atom is 0.160 e. The van der Waals surface area contributed by atoms with Crippen molar-refractivity contribution in [3.63, 3.8) is 0 Å². The molecule has 118 valence electrons. The normalized spacial score (nSPS) is 26.0. The molecule has 4 heteroatoms. The fourth-order valence-corrected chi connectivity index (χ4v) is 3.33. The molecule has 2 rings (SSSR count). The Morgan fingerprint density at radius 3 is 2.24 bits per heavy atom. The van der Waals surface area contributed by atoms with E-state index in [4.69, 9.17) is 20.4 Å². The number of nitrogens with zero attached hydrogens (tertiary/aromatic N) is 2. The van der Waals surface area contributed by atoms with Crippen LogP contribution in [0.3, 0.4) is 0 Å². The molecule has 0 aliphatic heterocycles. The van der Waals surface area contributed by atoms with E-state index in [1.807, 2.05) is 0 Å². The van der Waals surface area contributed by atoms with Crippen molar-refractivity contribution >= 4 is 0 Å². The number of ether oxygens (including phenoxy) is 1. The van der Waals surface area contributed by atoms with E-state index in [1.54, 1.807) is 7.11 Å². The Bertz CT molecular complexity index is 456. The summed E-state index contributed by atoms with van der Waals surface area (Å²) < 4.78 is 5.90. The molecule has 1 aliphatic rings. The lowest BCUT2D eigenvalue weighted by atomic mass is 9.78. The summed E-state index contributed by atoms with van der Waals surface area (Å²) in [5.74, 6) is 1.66. The average molecular weight is 291 g/mol. The molecule has 0 amide bonds. The van der Waals surface area contributed by atoms with Gasteiger partial charge in [-0.05, 0) is 70.4 Å². The lowest BCUT2D eigenvalue weighted by Crippen LogP contribution is -2.35. The number of hydrogen-bond acceptors (Lipinski definition) is 4. The predicted molar refractivity (Wildman–Crippen MR) is 85.2 cm³/mol. The smallest absolute Gasteiger partial charge is 0.160 e. The van der Waals surface area contributed by atoms with Crippen LogP contribution < -0.4 is 5.73 Å². The van der Waals surface area contributed by atoms with Crippen LogP contribution in [-0.4, -0.2) is 23.6 Å². The summed E-state index contributed by atoms with van der Waals surface area (Å²) in [4.78, 5) is 9.60. The van der Waals surface area contributed by atoms with E-state index in [0.717, 1.165) is 48.8 Å². The molecule has 0 bridgehead atoms. The van der Waals surface area contributed by atoms with Gasteiger partial charge in [-0.2, -0.15) is 0 Å². The highest BCUT2D eigenvalue weighted by molar-refractivity contribution is 5.26. The number of hydrogen-bond donors (Lipinski definition) is 1. The maximum atomic E-state index is 5.90. The second-order valence-electron chi connectivity index (χ2n) is 6.47. The topological polar surface area (TPSA) is 61.0 Å². The van der Waals surface area contributed by atoms with Gasteiger partial charge in [0.05, 0.1) is 0 Å². The molecule has 0 aromatic carbocycles. The average Bonchev–Trinajstić information content (AvgIpc) is 2.47. The van der Waals surface area contributed by atoms with Gasteiger partial charge in [0.25, 0.3) is 0 Å². The first-order chi connectivity index (χ1) is 10.0. The molecule has 4 nitrogen and oxygen atoms in total. The lowest BCUT2D eigenvalue weighted by Gasteiger charge is -2.37. The third-order valence-electron chi connectivity index (χ3n) is 4.93. The van der Waals surface area contributed by atoms with E-state index < -0.39 is 0 Å². The van der Waals surface area contributed by atoms with E-state index in [9.17, 15) is 0 Å². The first-order valence-electron chi connectivity index (χ1n) is 8.12. The Morgan fingerprint density at radius 1 is 1.19 bits per heavy atom. The first kappa shape index (κ1) is 16.4. The molecule has 0 saturated heterocycles. The quantitative estimate of drug-likeness (QED) is 0.906. The minimum Gasteiger partial charge on any atom is -0.370 e. The summed E-state index contributed by atoms with van der Waals surface area (Å²) in [5.41, 5.74) is 8.75. The molecule has 0 atom stereocenters. The van der Waals surface area contributed by atoms with E-state index in [2.05, 4.69) is 20.8 Å². The number of aromatic nitrogens is 2. The molecular formula is C17H29N3O. The van der Waals surface area contributed by atoms with Crippen LogP contribution in [0.1, 0.15) is 61.8 Å². The summed E-state index contributed by atoms with van der Waals surface area (Å²) in [7, 11) is 1.80. The SMILES string of the molecule is COC1(c2nc(C)c(CCCN)c(C)n2)CCC(C)CC1. The van der Waals surface area contributed by atoms with Gasteiger partial charge in [-0.25, -0.2) is 9.97 Å². The monoisotopic (exact) mass is 291 g/mol. The van der Waals surface area contributed by atoms with Crippen molar-refractivity contribution in [2.75, 3.05) is 13.7 Å². The van der Waals surface area contributed by atoms with Crippen LogP contribution in [0.15, 0.2) is 0 Å². The molecule has 0 spiro atoms. The molecule has 1 aromatic heterocycles. The highest BCUT2D eigenvalue weighted by atomic mass is 16.5. The van der Waals surface area contributed by atoms with Gasteiger partial charge < -0.3 is 10.5 Å². The molecule has 1 aromatic rings. The van der Waals surface area contributed by atoms with Crippen LogP contribution in [0.25, 0.3) is 0 Å². The highest BCUT2D eigenvalue weighted by Crippen LogP contribution is 2.40. The van der Waals surface area contributed by atoms with Gasteiger partial charge >= 0.3 is 0 Å². The molecule has 0 unspecified atom stereocenters. The van der Waals surface area contributed by atoms with Crippen LogP contribution in [0.2, 0.25) is 0 Å². The first-order valence-corrected chi connectivity index (χ1v) is 8.12. The van der Waals surface area contributed by atoms with Crippen LogP contribution >= 0.6 is 0 Å². The van der Waals surface area contributed by atoms with E-state index in [-0.39, 0.29) is 5.60 Å². The van der Waals surface area contributed by atoms with Crippen molar-refractivity contribution in [2.24, 2.45) is 11.7 Å². The van der Waals surface area contributed by atoms with Crippen molar-refractivity contribution in [2.45, 2.75) is 64.9 Å². The summed E-state index contributed by atoms with van der Waals surface area (Å²) in [6.07, 6.45) is 6.36. The van der Waals surface area contributed by atoms with Crippen LogP contribution in [0.4, 0.5) is 0 Å². The second-order valence-corrected chi connectivity index (χ2v) is 6.47. The van der Waals surface area contributed by atoms with Gasteiger partial charge in [0.2, 0.25) is 0 Å². The Morgan fingerprint density at radius 2 is 1.76 bits per heavy atom. The van der Waals surface area contributed by atoms with Crippen molar-refractivity contribution in [1.29, 1.82) is 0 Å². The van der Waals surface area contributed by atoms with Gasteiger partial charge in [-0.3, -0.25) is 0 Å². The lowest BCUT2D eigenvalue weighted by molar-refractivity contribution is -0.0599. The largest absolute Gasteiger partial charge is 0.370 e. The van der Waals surface area contributed by atoms with Gasteiger partial charge in [0, 0.05) is 18.5 Å². The maximum absolute atomic E-state index is 5.90. The molecule has 21 heavy (non-hydrogen) atoms. The molecule has 2 N–H and O–H groups in total. The van der Waals surface area contributed by atoms with Crippen LogP contribution in [0, 0.1) is 19.8 Å². The van der Waals surface area contributed by atoms with Crippen molar-refractivity contribution < 1.29 is 4.74 Å². The molecule has 1 heterocycles. The molecule has 0 radical (unpaired) electrons. The number of aryl methyl sites for hydroxylation is 2. The zero-order valence-corrected chi connectivity index (χ0v) is 13.9. The van der Waals surface area contributed by atoms with Crippen LogP contribution in [-0.2, 0) is 16.8 Å². The van der Waals surface area contributed by atoms with E-state index >= 15 is 0 Å². The molecule has 1 saturated carbocycles. The predicted octanol–water partition coefficient (Wildman–Crippen LogP) is 3.04. The number of methoxy groups -OCH3 is 1. The Kier molecular flexibility index (Phi) is 5.33. The summed E-state index contributed by atoms with van der Waals surface area (Å²) >= 11 is 0. The second kappa shape index (κ2) is 6.84. The van der Waals surface area contributed by atoms with Crippen molar-refractivity contribution in [3.05, 3.63) is 22.8 Å². The van der Waals surface area contributed by atoms with Crippen molar-refractivity contribution in [3.8, 4) is 0 Å². The Labute approximate surface area is 128 Å². The fraction of sp³-hybridized carbons (Fsp3) is 0.765. The summed E-state index contributed by atoms with van der Waals surface area (Å²) in [6, 6.07) is 0. The van der Waals surface area contributed by atoms with Crippen molar-refractivity contribution in [1.82, 2.24) is 9.97 Å². The molecular weight excluding hydrogens is 262 g/mol. The zero-order valence-electron chi connectivity index (χ0n) is 13.9. The summed E-state index contributed by atoms with van der Waals surface area (Å²) in [6.45, 7) is 7.19.